The summed E-state index contributed by atoms with van der Waals surface area (Å²) >= 11 is -2.34. The molecule has 0 bridgehead atoms. The molecule has 1 aliphatic carbocycles. The number of hydrogen-bond donors (Lipinski definition) is 2. The van der Waals surface area contributed by atoms with E-state index in [0.29, 0.717) is 5.69 Å². The molecule has 0 aromatic heterocycles. The molecular weight excluding hydrogens is 530 g/mol. The van der Waals surface area contributed by atoms with Gasteiger partial charge in [0.25, 0.3) is 11.3 Å². The van der Waals surface area contributed by atoms with Crippen LogP contribution >= 0.6 is 0 Å². The van der Waals surface area contributed by atoms with Crippen LogP contribution in [0.15, 0.2) is 91.0 Å². The summed E-state index contributed by atoms with van der Waals surface area (Å²) in [6.07, 6.45) is 5.77. The molecule has 2 aliphatic rings. The summed E-state index contributed by atoms with van der Waals surface area (Å²) in [5, 5.41) is 5.27. The number of aryl methyl sites for hydroxylation is 1. The first-order chi connectivity index (χ1) is 20.0. The zero-order valence-electron chi connectivity index (χ0n) is 23.2. The van der Waals surface area contributed by atoms with E-state index in [9.17, 15) is 13.6 Å². The highest BCUT2D eigenvalue weighted by atomic mass is 32.2. The molecule has 2 N–H and O–H groups in total. The first-order valence-electron chi connectivity index (χ1n) is 14.6. The van der Waals surface area contributed by atoms with Gasteiger partial charge in [-0.15, -0.1) is 0 Å². The Kier molecular flexibility index (Phi) is 8.46. The summed E-state index contributed by atoms with van der Waals surface area (Å²) in [5.74, 6) is -0.134. The van der Waals surface area contributed by atoms with Gasteiger partial charge in [0.1, 0.15) is 0 Å². The molecule has 3 atom stereocenters. The second kappa shape index (κ2) is 12.6. The van der Waals surface area contributed by atoms with Crippen molar-refractivity contribution in [3.05, 3.63) is 113 Å². The van der Waals surface area contributed by atoms with E-state index in [2.05, 4.69) is 28.4 Å². The molecule has 212 valence electrons. The maximum atomic E-state index is 13.6. The van der Waals surface area contributed by atoms with Crippen LogP contribution in [-0.4, -0.2) is 32.7 Å². The maximum absolute atomic E-state index is 13.6. The van der Waals surface area contributed by atoms with E-state index < -0.39 is 17.3 Å². The number of likely N-dealkylation sites (tertiary alicyclic amines) is 1. The van der Waals surface area contributed by atoms with Gasteiger partial charge in [0.05, 0.1) is 24.2 Å². The van der Waals surface area contributed by atoms with Gasteiger partial charge in [-0.1, -0.05) is 85.3 Å². The number of hydrogen-bond acceptors (Lipinski definition) is 3. The van der Waals surface area contributed by atoms with E-state index >= 15 is 0 Å². The van der Waals surface area contributed by atoms with Crippen LogP contribution in [0.3, 0.4) is 0 Å². The van der Waals surface area contributed by atoms with Crippen molar-refractivity contribution in [1.82, 2.24) is 10.2 Å². The minimum atomic E-state index is -2.34. The van der Waals surface area contributed by atoms with Gasteiger partial charge in [-0.3, -0.25) is 18.6 Å². The lowest BCUT2D eigenvalue weighted by Gasteiger charge is -2.30. The summed E-state index contributed by atoms with van der Waals surface area (Å²) < 4.78 is 24.8. The Morgan fingerprint density at radius 2 is 1.68 bits per heavy atom. The molecular formula is C34H37N3O3S. The zero-order valence-corrected chi connectivity index (χ0v) is 24.1. The smallest absolute Gasteiger partial charge is 0.262 e. The topological polar surface area (TPSA) is 72.9 Å². The van der Waals surface area contributed by atoms with Crippen LogP contribution in [0, 0.1) is 0 Å². The van der Waals surface area contributed by atoms with E-state index in [1.807, 2.05) is 72.8 Å². The molecule has 0 saturated carbocycles. The molecule has 4 aromatic carbocycles. The van der Waals surface area contributed by atoms with Gasteiger partial charge in [-0.2, -0.15) is 0 Å². The van der Waals surface area contributed by atoms with Crippen molar-refractivity contribution in [2.24, 2.45) is 0 Å². The summed E-state index contributed by atoms with van der Waals surface area (Å²) in [6, 6.07) is 29.2. The first-order valence-corrected chi connectivity index (χ1v) is 15.7. The fourth-order valence-electron chi connectivity index (χ4n) is 6.43. The SMILES string of the molecule is O=C(CC(c1ccccc1)N(c1ccc2ccccc2c1)S(=O)O)NC1CCc2cc(CN3CCCCC3)ccc21. The Bertz CT molecular complexity index is 1540. The molecule has 1 saturated heterocycles. The first kappa shape index (κ1) is 27.6. The van der Waals surface area contributed by atoms with Crippen molar-refractivity contribution in [1.29, 1.82) is 0 Å². The van der Waals surface area contributed by atoms with Crippen molar-refractivity contribution in [2.75, 3.05) is 17.4 Å². The Balaban J connectivity index is 1.21. The number of rotatable bonds is 9. The fourth-order valence-corrected chi connectivity index (χ4v) is 7.14. The predicted octanol–water partition coefficient (Wildman–Crippen LogP) is 6.70. The highest BCUT2D eigenvalue weighted by Gasteiger charge is 2.30. The van der Waals surface area contributed by atoms with Gasteiger partial charge in [-0.05, 0) is 83.9 Å². The Hall–Kier alpha value is -3.52. The number of amides is 1. The number of carbonyl (C=O) groups excluding carboxylic acids is 1. The van der Waals surface area contributed by atoms with Crippen LogP contribution in [0.25, 0.3) is 10.8 Å². The summed E-state index contributed by atoms with van der Waals surface area (Å²) in [7, 11) is 0. The minimum absolute atomic E-state index is 0.0493. The quantitative estimate of drug-likeness (QED) is 0.221. The number of carbonyl (C=O) groups is 1. The van der Waals surface area contributed by atoms with Gasteiger partial charge in [0.15, 0.2) is 0 Å². The minimum Gasteiger partial charge on any atom is -0.349 e. The normalized spacial score (nSPS) is 18.5. The van der Waals surface area contributed by atoms with Crippen molar-refractivity contribution >= 4 is 33.6 Å². The van der Waals surface area contributed by atoms with E-state index in [1.54, 1.807) is 0 Å². The predicted molar refractivity (Wildman–Crippen MR) is 166 cm³/mol. The Labute approximate surface area is 244 Å². The van der Waals surface area contributed by atoms with Crippen molar-refractivity contribution in [3.63, 3.8) is 0 Å². The third-order valence-corrected chi connectivity index (χ3v) is 9.28. The fraction of sp³-hybridized carbons (Fsp3) is 0.324. The van der Waals surface area contributed by atoms with Crippen LogP contribution in [0.4, 0.5) is 5.69 Å². The molecule has 0 radical (unpaired) electrons. The Morgan fingerprint density at radius 1 is 0.927 bits per heavy atom. The van der Waals surface area contributed by atoms with Crippen LogP contribution in [0.1, 0.15) is 66.4 Å². The molecule has 1 fully saturated rings. The van der Waals surface area contributed by atoms with Crippen molar-refractivity contribution < 1.29 is 13.6 Å². The molecule has 1 amide bonds. The molecule has 6 rings (SSSR count). The number of anilines is 1. The molecule has 4 aromatic rings. The number of nitrogens with one attached hydrogen (secondary N) is 1. The highest BCUT2D eigenvalue weighted by Crippen LogP contribution is 2.35. The Morgan fingerprint density at radius 3 is 2.46 bits per heavy atom. The van der Waals surface area contributed by atoms with E-state index in [1.165, 1.54) is 53.3 Å². The number of fused-ring (bicyclic) bond motifs is 2. The number of nitrogens with zero attached hydrogens (tertiary/aromatic N) is 2. The summed E-state index contributed by atoms with van der Waals surface area (Å²) in [6.45, 7) is 3.34. The summed E-state index contributed by atoms with van der Waals surface area (Å²) in [4.78, 5) is 16.1. The van der Waals surface area contributed by atoms with Crippen molar-refractivity contribution in [2.45, 2.75) is 57.2 Å². The van der Waals surface area contributed by atoms with Crippen LogP contribution in [0.2, 0.25) is 0 Å². The summed E-state index contributed by atoms with van der Waals surface area (Å²) in [5.41, 5.74) is 5.26. The number of piperidine rings is 1. The van der Waals surface area contributed by atoms with E-state index in [0.717, 1.165) is 35.7 Å². The third kappa shape index (κ3) is 6.38. The van der Waals surface area contributed by atoms with Crippen LogP contribution in [-0.2, 0) is 29.0 Å². The molecule has 6 nitrogen and oxygen atoms in total. The molecule has 3 unspecified atom stereocenters. The monoisotopic (exact) mass is 567 g/mol. The average Bonchev–Trinajstić information content (AvgIpc) is 3.39. The standard InChI is InChI=1S/C34H37N3O3S/c38-34(35-32-18-15-29-21-25(13-17-31(29)32)24-36-19-7-2-8-20-36)23-33(27-10-3-1-4-11-27)37(41(39)40)30-16-14-26-9-5-6-12-28(26)22-30/h1,3-6,9-14,16-17,21-22,32-33H,2,7-8,15,18-20,23-24H2,(H,35,38)(H,39,40). The average molecular weight is 568 g/mol. The van der Waals surface area contributed by atoms with Crippen LogP contribution in [0.5, 0.6) is 0 Å². The third-order valence-electron chi connectivity index (χ3n) is 8.48. The van der Waals surface area contributed by atoms with E-state index in [-0.39, 0.29) is 18.4 Å². The molecule has 41 heavy (non-hydrogen) atoms. The lowest BCUT2D eigenvalue weighted by atomic mass is 10.0. The maximum Gasteiger partial charge on any atom is 0.262 e. The van der Waals surface area contributed by atoms with Gasteiger partial charge in [-0.25, -0.2) is 4.21 Å². The largest absolute Gasteiger partial charge is 0.349 e. The lowest BCUT2D eigenvalue weighted by molar-refractivity contribution is -0.122. The zero-order chi connectivity index (χ0) is 28.2. The highest BCUT2D eigenvalue weighted by molar-refractivity contribution is 7.80. The van der Waals surface area contributed by atoms with E-state index in [4.69, 9.17) is 0 Å². The lowest BCUT2D eigenvalue weighted by Crippen LogP contribution is -2.36. The second-order valence-electron chi connectivity index (χ2n) is 11.2. The molecule has 1 heterocycles. The molecule has 7 heteroatoms. The van der Waals surface area contributed by atoms with Crippen molar-refractivity contribution in [3.8, 4) is 0 Å². The number of benzene rings is 4. The van der Waals surface area contributed by atoms with Gasteiger partial charge in [0.2, 0.25) is 5.91 Å². The van der Waals surface area contributed by atoms with Gasteiger partial charge >= 0.3 is 0 Å². The second-order valence-corrected chi connectivity index (χ2v) is 12.1. The van der Waals surface area contributed by atoms with Gasteiger partial charge < -0.3 is 5.32 Å². The molecule has 0 spiro atoms. The van der Waals surface area contributed by atoms with Gasteiger partial charge in [0, 0.05) is 6.54 Å². The molecule has 1 aliphatic heterocycles. The van der Waals surface area contributed by atoms with Crippen LogP contribution < -0.4 is 9.62 Å².